The van der Waals surface area contributed by atoms with Crippen LogP contribution in [-0.4, -0.2) is 43.6 Å². The molecule has 0 aromatic heterocycles. The van der Waals surface area contributed by atoms with Gasteiger partial charge in [0, 0.05) is 23.4 Å². The standard InChI is InChI=1S/C20H24N4O3/c1-16-13-18(24(26)27)7-8-19(16)21-20(25)15-23-11-9-22(10-12-23)14-17-5-3-2-4-6-17/h2-8,13H,9-12,14-15H2,1H3,(H,21,25)/p+2. The first kappa shape index (κ1) is 19.0. The van der Waals surface area contributed by atoms with Crippen LogP contribution in [0.2, 0.25) is 0 Å². The number of amides is 1. The Hall–Kier alpha value is -2.77. The van der Waals surface area contributed by atoms with Gasteiger partial charge in [0.1, 0.15) is 32.7 Å². The van der Waals surface area contributed by atoms with E-state index in [1.54, 1.807) is 17.9 Å². The van der Waals surface area contributed by atoms with Gasteiger partial charge in [0.2, 0.25) is 0 Å². The topological polar surface area (TPSA) is 81.1 Å². The zero-order chi connectivity index (χ0) is 19.2. The van der Waals surface area contributed by atoms with E-state index in [0.29, 0.717) is 17.8 Å². The van der Waals surface area contributed by atoms with Gasteiger partial charge in [-0.3, -0.25) is 14.9 Å². The maximum Gasteiger partial charge on any atom is 0.279 e. The molecule has 0 aliphatic carbocycles. The van der Waals surface area contributed by atoms with Crippen molar-refractivity contribution >= 4 is 17.3 Å². The summed E-state index contributed by atoms with van der Waals surface area (Å²) < 4.78 is 0. The number of hydrogen-bond acceptors (Lipinski definition) is 3. The Morgan fingerprint density at radius 3 is 2.37 bits per heavy atom. The van der Waals surface area contributed by atoms with E-state index >= 15 is 0 Å². The number of piperazine rings is 1. The van der Waals surface area contributed by atoms with Crippen molar-refractivity contribution in [3.63, 3.8) is 0 Å². The van der Waals surface area contributed by atoms with Crippen molar-refractivity contribution in [3.05, 3.63) is 69.8 Å². The minimum absolute atomic E-state index is 0.0358. The Kier molecular flexibility index (Phi) is 6.16. The molecule has 7 heteroatoms. The number of anilines is 1. The second-order valence-corrected chi connectivity index (χ2v) is 7.14. The predicted octanol–water partition coefficient (Wildman–Crippen LogP) is -0.175. The van der Waals surface area contributed by atoms with Crippen LogP contribution in [0.4, 0.5) is 11.4 Å². The van der Waals surface area contributed by atoms with Gasteiger partial charge in [-0.15, -0.1) is 0 Å². The zero-order valence-electron chi connectivity index (χ0n) is 15.5. The Morgan fingerprint density at radius 2 is 1.74 bits per heavy atom. The van der Waals surface area contributed by atoms with Crippen molar-refractivity contribution in [2.24, 2.45) is 0 Å². The fourth-order valence-corrected chi connectivity index (χ4v) is 3.52. The van der Waals surface area contributed by atoms with E-state index in [0.717, 1.165) is 32.7 Å². The lowest BCUT2D eigenvalue weighted by atomic mass is 10.1. The second-order valence-electron chi connectivity index (χ2n) is 7.14. The van der Waals surface area contributed by atoms with Crippen molar-refractivity contribution in [1.82, 2.24) is 0 Å². The van der Waals surface area contributed by atoms with Gasteiger partial charge in [0.25, 0.3) is 11.6 Å². The number of carbonyl (C=O) groups is 1. The molecule has 1 aliphatic heterocycles. The summed E-state index contributed by atoms with van der Waals surface area (Å²) in [7, 11) is 0. The summed E-state index contributed by atoms with van der Waals surface area (Å²) in [6.07, 6.45) is 0. The lowest BCUT2D eigenvalue weighted by molar-refractivity contribution is -1.02. The summed E-state index contributed by atoms with van der Waals surface area (Å²) in [5.74, 6) is -0.0477. The van der Waals surface area contributed by atoms with Crippen LogP contribution in [0.3, 0.4) is 0 Å². The Morgan fingerprint density at radius 1 is 1.07 bits per heavy atom. The van der Waals surface area contributed by atoms with Crippen LogP contribution in [0, 0.1) is 17.0 Å². The molecule has 0 atom stereocenters. The number of aryl methyl sites for hydroxylation is 1. The zero-order valence-corrected chi connectivity index (χ0v) is 15.5. The molecule has 1 fully saturated rings. The van der Waals surface area contributed by atoms with Gasteiger partial charge in [-0.25, -0.2) is 0 Å². The van der Waals surface area contributed by atoms with Crippen LogP contribution in [0.25, 0.3) is 0 Å². The molecule has 0 saturated carbocycles. The van der Waals surface area contributed by atoms with Gasteiger partial charge in [-0.1, -0.05) is 30.3 Å². The van der Waals surface area contributed by atoms with Crippen molar-refractivity contribution < 1.29 is 19.5 Å². The smallest absolute Gasteiger partial charge is 0.279 e. The number of non-ortho nitro benzene ring substituents is 1. The maximum atomic E-state index is 12.4. The van der Waals surface area contributed by atoms with Crippen molar-refractivity contribution in [3.8, 4) is 0 Å². The molecule has 142 valence electrons. The molecule has 0 bridgehead atoms. The highest BCUT2D eigenvalue weighted by Crippen LogP contribution is 2.20. The maximum absolute atomic E-state index is 12.4. The first-order chi connectivity index (χ1) is 13.0. The number of nitrogens with zero attached hydrogens (tertiary/aromatic N) is 1. The molecule has 0 radical (unpaired) electrons. The number of nitrogens with one attached hydrogen (secondary N) is 3. The third-order valence-electron chi connectivity index (χ3n) is 5.07. The Balaban J connectivity index is 1.46. The molecule has 7 nitrogen and oxygen atoms in total. The average molecular weight is 370 g/mol. The summed E-state index contributed by atoms with van der Waals surface area (Å²) in [5.41, 5.74) is 2.72. The molecule has 3 N–H and O–H groups in total. The molecule has 2 aromatic carbocycles. The number of nitro groups is 1. The van der Waals surface area contributed by atoms with Gasteiger partial charge < -0.3 is 15.1 Å². The SMILES string of the molecule is Cc1cc([N+](=O)[O-])ccc1NC(=O)C[NH+]1CC[NH+](Cc2ccccc2)CC1. The summed E-state index contributed by atoms with van der Waals surface area (Å²) in [4.78, 5) is 25.6. The normalized spacial score (nSPS) is 19.4. The lowest BCUT2D eigenvalue weighted by Gasteiger charge is -2.29. The van der Waals surface area contributed by atoms with Crippen LogP contribution in [-0.2, 0) is 11.3 Å². The van der Waals surface area contributed by atoms with E-state index in [2.05, 4.69) is 29.6 Å². The van der Waals surface area contributed by atoms with Crippen molar-refractivity contribution in [2.75, 3.05) is 38.0 Å². The molecule has 1 heterocycles. The lowest BCUT2D eigenvalue weighted by Crippen LogP contribution is -3.28. The molecule has 0 unspecified atom stereocenters. The van der Waals surface area contributed by atoms with Gasteiger partial charge in [-0.05, 0) is 18.6 Å². The second kappa shape index (κ2) is 8.75. The molecule has 1 amide bonds. The quantitative estimate of drug-likeness (QED) is 0.488. The number of hydrogen-bond donors (Lipinski definition) is 3. The van der Waals surface area contributed by atoms with Gasteiger partial charge in [-0.2, -0.15) is 0 Å². The fourth-order valence-electron chi connectivity index (χ4n) is 3.52. The molecular formula is C20H26N4O3+2. The summed E-state index contributed by atoms with van der Waals surface area (Å²) in [5, 5.41) is 13.7. The highest BCUT2D eigenvalue weighted by atomic mass is 16.6. The molecule has 0 spiro atoms. The molecule has 1 saturated heterocycles. The first-order valence-corrected chi connectivity index (χ1v) is 9.27. The summed E-state index contributed by atoms with van der Waals surface area (Å²) >= 11 is 0. The highest BCUT2D eigenvalue weighted by Gasteiger charge is 2.25. The number of rotatable bonds is 6. The van der Waals surface area contributed by atoms with Crippen molar-refractivity contribution in [1.29, 1.82) is 0 Å². The number of nitro benzene ring substituents is 1. The number of benzene rings is 2. The minimum Gasteiger partial charge on any atom is -0.322 e. The molecular weight excluding hydrogens is 344 g/mol. The van der Waals surface area contributed by atoms with Gasteiger partial charge in [0.15, 0.2) is 6.54 Å². The van der Waals surface area contributed by atoms with Crippen molar-refractivity contribution in [2.45, 2.75) is 13.5 Å². The first-order valence-electron chi connectivity index (χ1n) is 9.27. The monoisotopic (exact) mass is 370 g/mol. The summed E-state index contributed by atoms with van der Waals surface area (Å²) in [6, 6.07) is 15.0. The van der Waals surface area contributed by atoms with Crippen LogP contribution < -0.4 is 15.1 Å². The Labute approximate surface area is 158 Å². The van der Waals surface area contributed by atoms with E-state index in [1.165, 1.54) is 22.6 Å². The van der Waals surface area contributed by atoms with E-state index < -0.39 is 4.92 Å². The molecule has 1 aliphatic rings. The largest absolute Gasteiger partial charge is 0.322 e. The minimum atomic E-state index is -0.431. The summed E-state index contributed by atoms with van der Waals surface area (Å²) in [6.45, 7) is 7.25. The van der Waals surface area contributed by atoms with Gasteiger partial charge in [0.05, 0.1) is 4.92 Å². The van der Waals surface area contributed by atoms with Crippen LogP contribution in [0.15, 0.2) is 48.5 Å². The van der Waals surface area contributed by atoms with E-state index in [9.17, 15) is 14.9 Å². The third kappa shape index (κ3) is 5.35. The van der Waals surface area contributed by atoms with Crippen LogP contribution in [0.1, 0.15) is 11.1 Å². The van der Waals surface area contributed by atoms with E-state index in [4.69, 9.17) is 0 Å². The van der Waals surface area contributed by atoms with E-state index in [-0.39, 0.29) is 11.6 Å². The van der Waals surface area contributed by atoms with Crippen LogP contribution in [0.5, 0.6) is 0 Å². The fraction of sp³-hybridized carbons (Fsp3) is 0.350. The molecule has 3 rings (SSSR count). The van der Waals surface area contributed by atoms with Crippen LogP contribution >= 0.6 is 0 Å². The number of quaternary nitrogens is 2. The molecule has 27 heavy (non-hydrogen) atoms. The van der Waals surface area contributed by atoms with Gasteiger partial charge >= 0.3 is 0 Å². The Bertz CT molecular complexity index is 802. The third-order valence-corrected chi connectivity index (χ3v) is 5.07. The average Bonchev–Trinajstić information content (AvgIpc) is 2.65. The number of carbonyl (C=O) groups excluding carboxylic acids is 1. The van der Waals surface area contributed by atoms with E-state index in [1.807, 2.05) is 6.07 Å². The molecule has 2 aromatic rings. The highest BCUT2D eigenvalue weighted by molar-refractivity contribution is 5.92. The predicted molar refractivity (Wildman–Crippen MR) is 103 cm³/mol.